The molecule has 0 heterocycles. The van der Waals surface area contributed by atoms with Gasteiger partial charge in [-0.3, -0.25) is 0 Å². The lowest BCUT2D eigenvalue weighted by Gasteiger charge is -2.22. The van der Waals surface area contributed by atoms with Crippen LogP contribution in [0.1, 0.15) is 113 Å². The van der Waals surface area contributed by atoms with Gasteiger partial charge in [-0.2, -0.15) is 0 Å². The van der Waals surface area contributed by atoms with E-state index in [1.807, 2.05) is 11.1 Å². The van der Waals surface area contributed by atoms with Gasteiger partial charge in [0.1, 0.15) is 0 Å². The Balaban J connectivity index is 0.000000171. The van der Waals surface area contributed by atoms with E-state index < -0.39 is 0 Å². The highest BCUT2D eigenvalue weighted by molar-refractivity contribution is 5.28. The molecule has 0 spiro atoms. The summed E-state index contributed by atoms with van der Waals surface area (Å²) >= 11 is 0. The van der Waals surface area contributed by atoms with Crippen LogP contribution in [0.5, 0.6) is 0 Å². The molecule has 0 saturated heterocycles. The molecule has 0 aromatic heterocycles. The largest absolute Gasteiger partial charge is 0.0999 e. The molecular weight excluding hydrogens is 360 g/mol. The van der Waals surface area contributed by atoms with Crippen LogP contribution in [-0.4, -0.2) is 0 Å². The fourth-order valence-corrected chi connectivity index (χ4v) is 6.73. The fourth-order valence-electron chi connectivity index (χ4n) is 6.73. The number of hydrogen-bond acceptors (Lipinski definition) is 0. The van der Waals surface area contributed by atoms with Crippen LogP contribution in [0.3, 0.4) is 0 Å². The zero-order valence-corrected chi connectivity index (χ0v) is 21.2. The average molecular weight is 409 g/mol. The Morgan fingerprint density at radius 1 is 0.733 bits per heavy atom. The van der Waals surface area contributed by atoms with Crippen LogP contribution >= 0.6 is 0 Å². The van der Waals surface area contributed by atoms with Crippen LogP contribution < -0.4 is 0 Å². The molecule has 0 aromatic carbocycles. The van der Waals surface area contributed by atoms with Crippen LogP contribution in [-0.2, 0) is 0 Å². The third-order valence-corrected chi connectivity index (χ3v) is 9.18. The molecule has 0 N–H and O–H groups in total. The number of hydrogen-bond donors (Lipinski definition) is 0. The predicted octanol–water partition coefficient (Wildman–Crippen LogP) is 9.59. The maximum Gasteiger partial charge on any atom is -0.0137 e. The topological polar surface area (TPSA) is 0 Å². The lowest BCUT2D eigenvalue weighted by molar-refractivity contribution is 0.374. The number of rotatable bonds is 1. The van der Waals surface area contributed by atoms with Gasteiger partial charge in [-0.25, -0.2) is 0 Å². The lowest BCUT2D eigenvalue weighted by atomic mass is 9.83. The third kappa shape index (κ3) is 5.23. The average Bonchev–Trinajstić information content (AvgIpc) is 3.11. The van der Waals surface area contributed by atoms with Gasteiger partial charge in [0.25, 0.3) is 0 Å². The van der Waals surface area contributed by atoms with Crippen molar-refractivity contribution in [3.05, 3.63) is 45.6 Å². The highest BCUT2D eigenvalue weighted by Gasteiger charge is 2.34. The smallest absolute Gasteiger partial charge is 0.0137 e. The molecule has 4 aliphatic carbocycles. The third-order valence-electron chi connectivity index (χ3n) is 9.18. The predicted molar refractivity (Wildman–Crippen MR) is 134 cm³/mol. The first-order valence-corrected chi connectivity index (χ1v) is 12.9. The molecule has 0 heteroatoms. The summed E-state index contributed by atoms with van der Waals surface area (Å²) in [5, 5.41) is 0. The van der Waals surface area contributed by atoms with Crippen LogP contribution in [0.25, 0.3) is 0 Å². The van der Waals surface area contributed by atoms with E-state index in [-0.39, 0.29) is 0 Å². The summed E-state index contributed by atoms with van der Waals surface area (Å²) in [6.07, 6.45) is 13.6. The molecule has 4 rings (SSSR count). The second-order valence-corrected chi connectivity index (χ2v) is 11.5. The normalized spacial score (nSPS) is 34.0. The van der Waals surface area contributed by atoms with Crippen molar-refractivity contribution in [2.45, 2.75) is 113 Å². The van der Waals surface area contributed by atoms with Gasteiger partial charge < -0.3 is 0 Å². The van der Waals surface area contributed by atoms with E-state index in [9.17, 15) is 0 Å². The molecule has 30 heavy (non-hydrogen) atoms. The van der Waals surface area contributed by atoms with Crippen molar-refractivity contribution in [1.82, 2.24) is 0 Å². The fraction of sp³-hybridized carbons (Fsp3) is 0.733. The second-order valence-electron chi connectivity index (χ2n) is 11.5. The molecule has 2 saturated carbocycles. The Bertz CT molecular complexity index is 736. The SMILES string of the molecule is C=C(C)[C@@H]1CCC(C)=C2CC[C@H](C)C2C1.CC(C)=C1CCC(C)=C2CC[C@H](C)C2C1. The van der Waals surface area contributed by atoms with E-state index in [1.165, 1.54) is 69.8 Å². The Kier molecular flexibility index (Phi) is 7.92. The number of allylic oxidation sites excluding steroid dienone is 7. The van der Waals surface area contributed by atoms with Crippen molar-refractivity contribution < 1.29 is 0 Å². The molecule has 5 atom stereocenters. The summed E-state index contributed by atoms with van der Waals surface area (Å²) in [6, 6.07) is 0. The zero-order chi connectivity index (χ0) is 22.0. The molecular formula is C30H48. The van der Waals surface area contributed by atoms with Gasteiger partial charge in [0.05, 0.1) is 0 Å². The van der Waals surface area contributed by atoms with E-state index in [1.54, 1.807) is 22.3 Å². The Labute approximate surface area is 188 Å². The maximum absolute atomic E-state index is 4.17. The van der Waals surface area contributed by atoms with Gasteiger partial charge in [-0.1, -0.05) is 59.4 Å². The van der Waals surface area contributed by atoms with Crippen molar-refractivity contribution in [3.63, 3.8) is 0 Å². The first-order chi connectivity index (χ1) is 14.2. The van der Waals surface area contributed by atoms with E-state index in [0.717, 1.165) is 29.6 Å². The molecule has 2 fully saturated rings. The minimum absolute atomic E-state index is 0.781. The lowest BCUT2D eigenvalue weighted by Crippen LogP contribution is -2.11. The molecule has 0 amide bonds. The molecule has 0 bridgehead atoms. The highest BCUT2D eigenvalue weighted by atomic mass is 14.4. The molecule has 2 unspecified atom stereocenters. The van der Waals surface area contributed by atoms with E-state index in [2.05, 4.69) is 55.0 Å². The van der Waals surface area contributed by atoms with E-state index in [4.69, 9.17) is 0 Å². The summed E-state index contributed by atoms with van der Waals surface area (Å²) in [4.78, 5) is 0. The van der Waals surface area contributed by atoms with Gasteiger partial charge in [-0.15, -0.1) is 0 Å². The molecule has 0 nitrogen and oxygen atoms in total. The summed E-state index contributed by atoms with van der Waals surface area (Å²) < 4.78 is 0. The minimum Gasteiger partial charge on any atom is -0.0999 e. The van der Waals surface area contributed by atoms with Crippen LogP contribution in [0.15, 0.2) is 45.6 Å². The summed E-state index contributed by atoms with van der Waals surface area (Å²) in [6.45, 7) is 20.6. The Hall–Kier alpha value is -1.04. The monoisotopic (exact) mass is 408 g/mol. The van der Waals surface area contributed by atoms with Gasteiger partial charge in [0.15, 0.2) is 0 Å². The Morgan fingerprint density at radius 3 is 1.90 bits per heavy atom. The highest BCUT2D eigenvalue weighted by Crippen LogP contribution is 2.47. The summed E-state index contributed by atoms with van der Waals surface area (Å²) in [5.74, 6) is 4.38. The van der Waals surface area contributed by atoms with Crippen LogP contribution in [0.4, 0.5) is 0 Å². The van der Waals surface area contributed by atoms with E-state index in [0.29, 0.717) is 0 Å². The van der Waals surface area contributed by atoms with Crippen LogP contribution in [0.2, 0.25) is 0 Å². The maximum atomic E-state index is 4.17. The van der Waals surface area contributed by atoms with Crippen molar-refractivity contribution in [1.29, 1.82) is 0 Å². The van der Waals surface area contributed by atoms with E-state index >= 15 is 0 Å². The van der Waals surface area contributed by atoms with Gasteiger partial charge >= 0.3 is 0 Å². The van der Waals surface area contributed by atoms with Gasteiger partial charge in [0.2, 0.25) is 0 Å². The van der Waals surface area contributed by atoms with Crippen molar-refractivity contribution in [2.75, 3.05) is 0 Å². The van der Waals surface area contributed by atoms with Gasteiger partial charge in [-0.05, 0) is 128 Å². The summed E-state index contributed by atoms with van der Waals surface area (Å²) in [5.41, 5.74) is 11.8. The zero-order valence-electron chi connectivity index (χ0n) is 21.2. The van der Waals surface area contributed by atoms with Gasteiger partial charge in [0, 0.05) is 0 Å². The van der Waals surface area contributed by atoms with Crippen molar-refractivity contribution >= 4 is 0 Å². The molecule has 0 aromatic rings. The standard InChI is InChI=1S/2C15H24/c2*1-10(2)13-7-5-11(3)14-8-6-12(4)15(14)9-13/h12,15H,5-9H2,1-4H3;12-13,15H,1,5-9H2,2-4H3/t12-,15?;12-,13+,15?/m00/s1. The molecule has 168 valence electrons. The van der Waals surface area contributed by atoms with Crippen LogP contribution in [0, 0.1) is 29.6 Å². The first kappa shape index (κ1) is 23.6. The Morgan fingerprint density at radius 2 is 1.30 bits per heavy atom. The van der Waals surface area contributed by atoms with Crippen molar-refractivity contribution in [2.24, 2.45) is 29.6 Å². The molecule has 4 aliphatic rings. The first-order valence-electron chi connectivity index (χ1n) is 12.9. The molecule has 0 aliphatic heterocycles. The quantitative estimate of drug-likeness (QED) is 0.379. The van der Waals surface area contributed by atoms with Crippen molar-refractivity contribution in [3.8, 4) is 0 Å². The number of fused-ring (bicyclic) bond motifs is 2. The summed E-state index contributed by atoms with van der Waals surface area (Å²) in [7, 11) is 0. The minimum atomic E-state index is 0.781. The second kappa shape index (κ2) is 10.1. The molecule has 0 radical (unpaired) electrons.